The monoisotopic (exact) mass is 381 g/mol. The number of thiazole rings is 1. The third-order valence-electron chi connectivity index (χ3n) is 3.48. The lowest BCUT2D eigenvalue weighted by molar-refractivity contribution is -0.137. The lowest BCUT2D eigenvalue weighted by Gasteiger charge is -2.11. The van der Waals surface area contributed by atoms with E-state index in [1.54, 1.807) is 18.2 Å². The largest absolute Gasteiger partial charge is 0.494 e. The Labute approximate surface area is 150 Å². The van der Waals surface area contributed by atoms with Crippen LogP contribution in [-0.2, 0) is 11.0 Å². The number of carbonyl (C=O) groups is 1. The van der Waals surface area contributed by atoms with Crippen LogP contribution in [0.1, 0.15) is 12.5 Å². The number of halogens is 3. The smallest absolute Gasteiger partial charge is 0.416 e. The van der Waals surface area contributed by atoms with Gasteiger partial charge in [-0.05, 0) is 30.3 Å². The zero-order chi connectivity index (χ0) is 18.9. The Morgan fingerprint density at radius 2 is 1.96 bits per heavy atom. The molecule has 26 heavy (non-hydrogen) atoms. The van der Waals surface area contributed by atoms with Crippen LogP contribution in [0.4, 0.5) is 29.7 Å². The highest BCUT2D eigenvalue weighted by molar-refractivity contribution is 7.22. The van der Waals surface area contributed by atoms with Crippen molar-refractivity contribution in [2.24, 2.45) is 0 Å². The first-order valence-corrected chi connectivity index (χ1v) is 8.28. The maximum atomic E-state index is 12.8. The van der Waals surface area contributed by atoms with Gasteiger partial charge in [0.05, 0.1) is 28.6 Å². The van der Waals surface area contributed by atoms with E-state index in [0.29, 0.717) is 27.0 Å². The minimum absolute atomic E-state index is 0.226. The molecule has 3 rings (SSSR count). The number of hydrogen-bond acceptors (Lipinski definition) is 5. The summed E-state index contributed by atoms with van der Waals surface area (Å²) in [6.07, 6.45) is -4.40. The van der Waals surface area contributed by atoms with Gasteiger partial charge in [0.15, 0.2) is 5.13 Å². The molecule has 0 aliphatic carbocycles. The van der Waals surface area contributed by atoms with Crippen LogP contribution >= 0.6 is 11.3 Å². The van der Waals surface area contributed by atoms with Crippen LogP contribution in [0, 0.1) is 0 Å². The minimum Gasteiger partial charge on any atom is -0.494 e. The third-order valence-corrected chi connectivity index (χ3v) is 4.43. The van der Waals surface area contributed by atoms with Crippen molar-refractivity contribution < 1.29 is 22.7 Å². The molecule has 9 heteroatoms. The molecule has 0 fully saturated rings. The van der Waals surface area contributed by atoms with Gasteiger partial charge in [-0.25, -0.2) is 4.98 Å². The van der Waals surface area contributed by atoms with Crippen molar-refractivity contribution in [3.8, 4) is 5.75 Å². The molecule has 5 nitrogen and oxygen atoms in total. The minimum atomic E-state index is -4.40. The van der Waals surface area contributed by atoms with Gasteiger partial charge >= 0.3 is 6.18 Å². The lowest BCUT2D eigenvalue weighted by Crippen LogP contribution is -2.07. The molecular weight excluding hydrogens is 367 g/mol. The Hall–Kier alpha value is -2.81. The van der Waals surface area contributed by atoms with Crippen molar-refractivity contribution in [2.45, 2.75) is 13.1 Å². The Morgan fingerprint density at radius 1 is 1.19 bits per heavy atom. The molecule has 0 saturated heterocycles. The fourth-order valence-electron chi connectivity index (χ4n) is 2.34. The van der Waals surface area contributed by atoms with Gasteiger partial charge in [0.25, 0.3) is 0 Å². The molecule has 0 aliphatic heterocycles. The van der Waals surface area contributed by atoms with Gasteiger partial charge in [0.1, 0.15) is 5.75 Å². The highest BCUT2D eigenvalue weighted by Crippen LogP contribution is 2.35. The first-order chi connectivity index (χ1) is 12.3. The van der Waals surface area contributed by atoms with E-state index in [0.717, 1.165) is 12.1 Å². The summed E-state index contributed by atoms with van der Waals surface area (Å²) in [7, 11) is 1.47. The van der Waals surface area contributed by atoms with E-state index in [1.807, 2.05) is 0 Å². The quantitative estimate of drug-likeness (QED) is 0.666. The number of nitrogens with zero attached hydrogens (tertiary/aromatic N) is 1. The average molecular weight is 381 g/mol. The summed E-state index contributed by atoms with van der Waals surface area (Å²) in [6, 6.07) is 8.51. The predicted octanol–water partition coefficient (Wildman–Crippen LogP) is 5.03. The Bertz CT molecular complexity index is 970. The number of hydrogen-bond donors (Lipinski definition) is 2. The van der Waals surface area contributed by atoms with Crippen molar-refractivity contribution in [2.75, 3.05) is 17.7 Å². The second kappa shape index (κ2) is 6.83. The highest BCUT2D eigenvalue weighted by atomic mass is 32.1. The van der Waals surface area contributed by atoms with E-state index in [1.165, 1.54) is 31.4 Å². The molecule has 3 aromatic rings. The summed E-state index contributed by atoms with van der Waals surface area (Å²) < 4.78 is 44.3. The number of amides is 1. The molecule has 0 unspecified atom stereocenters. The van der Waals surface area contributed by atoms with Gasteiger partial charge in [-0.15, -0.1) is 0 Å². The summed E-state index contributed by atoms with van der Waals surface area (Å²) in [5.41, 5.74) is 0.688. The first-order valence-electron chi connectivity index (χ1n) is 7.46. The lowest BCUT2D eigenvalue weighted by atomic mass is 10.2. The number of aromatic nitrogens is 1. The Morgan fingerprint density at radius 3 is 2.62 bits per heavy atom. The molecule has 0 saturated carbocycles. The van der Waals surface area contributed by atoms with Crippen LogP contribution in [0.5, 0.6) is 5.75 Å². The van der Waals surface area contributed by atoms with Crippen molar-refractivity contribution in [3.05, 3.63) is 42.0 Å². The molecule has 1 heterocycles. The standard InChI is InChI=1S/C17H14F3N3O2S/c1-9(24)21-12-5-4-11(8-14(12)25-2)22-16-23-13-7-10(17(18,19)20)3-6-15(13)26-16/h3-8H,1-2H3,(H,21,24)(H,22,23). The summed E-state index contributed by atoms with van der Waals surface area (Å²) >= 11 is 1.24. The number of rotatable bonds is 4. The second-order valence-electron chi connectivity index (χ2n) is 5.42. The molecule has 0 atom stereocenters. The van der Waals surface area contributed by atoms with Crippen molar-refractivity contribution in [1.82, 2.24) is 4.98 Å². The van der Waals surface area contributed by atoms with Gasteiger partial charge in [-0.2, -0.15) is 13.2 Å². The van der Waals surface area contributed by atoms with Gasteiger partial charge in [0.2, 0.25) is 5.91 Å². The maximum absolute atomic E-state index is 12.8. The SMILES string of the molecule is COc1cc(Nc2nc3cc(C(F)(F)F)ccc3s2)ccc1NC(C)=O. The fraction of sp³-hybridized carbons (Fsp3) is 0.176. The summed E-state index contributed by atoms with van der Waals surface area (Å²) in [5, 5.41) is 6.14. The van der Waals surface area contributed by atoms with Crippen LogP contribution in [0.2, 0.25) is 0 Å². The zero-order valence-corrected chi connectivity index (χ0v) is 14.6. The number of methoxy groups -OCH3 is 1. The molecular formula is C17H14F3N3O2S. The predicted molar refractivity (Wildman–Crippen MR) is 95.2 cm³/mol. The summed E-state index contributed by atoms with van der Waals surface area (Å²) in [5.74, 6) is 0.223. The zero-order valence-electron chi connectivity index (χ0n) is 13.8. The van der Waals surface area contributed by atoms with Crippen LogP contribution < -0.4 is 15.4 Å². The normalized spacial score (nSPS) is 11.4. The van der Waals surface area contributed by atoms with E-state index >= 15 is 0 Å². The number of alkyl halides is 3. The fourth-order valence-corrected chi connectivity index (χ4v) is 3.21. The van der Waals surface area contributed by atoms with Crippen LogP contribution in [0.25, 0.3) is 10.2 Å². The molecule has 2 aromatic carbocycles. The Kier molecular flexibility index (Phi) is 4.73. The van der Waals surface area contributed by atoms with Crippen molar-refractivity contribution >= 4 is 44.0 Å². The summed E-state index contributed by atoms with van der Waals surface area (Å²) in [6.45, 7) is 1.39. The molecule has 2 N–H and O–H groups in total. The third kappa shape index (κ3) is 3.88. The van der Waals surface area contributed by atoms with E-state index < -0.39 is 11.7 Å². The van der Waals surface area contributed by atoms with E-state index in [-0.39, 0.29) is 11.4 Å². The summed E-state index contributed by atoms with van der Waals surface area (Å²) in [4.78, 5) is 15.4. The molecule has 1 amide bonds. The Balaban J connectivity index is 1.87. The van der Waals surface area contributed by atoms with Crippen molar-refractivity contribution in [3.63, 3.8) is 0 Å². The number of benzene rings is 2. The van der Waals surface area contributed by atoms with Gasteiger partial charge < -0.3 is 15.4 Å². The van der Waals surface area contributed by atoms with E-state index in [2.05, 4.69) is 15.6 Å². The van der Waals surface area contributed by atoms with Crippen LogP contribution in [0.3, 0.4) is 0 Å². The number of ether oxygens (including phenoxy) is 1. The molecule has 136 valence electrons. The first kappa shape index (κ1) is 18.0. The number of nitrogens with one attached hydrogen (secondary N) is 2. The van der Waals surface area contributed by atoms with Crippen molar-refractivity contribution in [1.29, 1.82) is 0 Å². The number of carbonyl (C=O) groups excluding carboxylic acids is 1. The highest BCUT2D eigenvalue weighted by Gasteiger charge is 2.30. The maximum Gasteiger partial charge on any atom is 0.416 e. The van der Waals surface area contributed by atoms with Gasteiger partial charge in [-0.3, -0.25) is 4.79 Å². The molecule has 0 bridgehead atoms. The van der Waals surface area contributed by atoms with Gasteiger partial charge in [-0.1, -0.05) is 11.3 Å². The molecule has 0 radical (unpaired) electrons. The second-order valence-corrected chi connectivity index (χ2v) is 6.45. The van der Waals surface area contributed by atoms with Crippen LogP contribution in [-0.4, -0.2) is 18.0 Å². The number of anilines is 3. The van der Waals surface area contributed by atoms with Crippen LogP contribution in [0.15, 0.2) is 36.4 Å². The average Bonchev–Trinajstić information content (AvgIpc) is 2.96. The van der Waals surface area contributed by atoms with E-state index in [9.17, 15) is 18.0 Å². The molecule has 0 aliphatic rings. The van der Waals surface area contributed by atoms with E-state index in [4.69, 9.17) is 4.74 Å². The number of fused-ring (bicyclic) bond motifs is 1. The topological polar surface area (TPSA) is 63.2 Å². The van der Waals surface area contributed by atoms with Gasteiger partial charge in [0, 0.05) is 18.7 Å². The molecule has 1 aromatic heterocycles. The molecule has 0 spiro atoms.